The molecule has 1 fully saturated rings. The molecule has 0 aromatic carbocycles. The second kappa shape index (κ2) is 8.10. The van der Waals surface area contributed by atoms with E-state index in [9.17, 15) is 4.79 Å². The van der Waals surface area contributed by atoms with Crippen molar-refractivity contribution < 1.29 is 4.79 Å². The number of aromatic nitrogens is 1. The minimum absolute atomic E-state index is 0.0934. The molecule has 21 heavy (non-hydrogen) atoms. The minimum Gasteiger partial charge on any atom is -0.340 e. The number of hydrogen-bond acceptors (Lipinski definition) is 4. The Balaban J connectivity index is 1.76. The number of hydrogen-bond donors (Lipinski definition) is 1. The lowest BCUT2D eigenvalue weighted by Gasteiger charge is -2.35. The van der Waals surface area contributed by atoms with Crippen LogP contribution < -0.4 is 5.73 Å². The monoisotopic (exact) mass is 290 g/mol. The van der Waals surface area contributed by atoms with Crippen LogP contribution in [0.25, 0.3) is 0 Å². The highest BCUT2D eigenvalue weighted by Crippen LogP contribution is 2.13. The summed E-state index contributed by atoms with van der Waals surface area (Å²) < 4.78 is 0. The van der Waals surface area contributed by atoms with Gasteiger partial charge in [0, 0.05) is 44.8 Å². The van der Waals surface area contributed by atoms with Gasteiger partial charge in [-0.2, -0.15) is 0 Å². The molecule has 1 amide bonds. The lowest BCUT2D eigenvalue weighted by molar-refractivity contribution is -0.137. The maximum absolute atomic E-state index is 12.3. The molecule has 116 valence electrons. The van der Waals surface area contributed by atoms with Crippen molar-refractivity contribution in [2.45, 2.75) is 26.3 Å². The largest absolute Gasteiger partial charge is 0.340 e. The zero-order chi connectivity index (χ0) is 15.1. The van der Waals surface area contributed by atoms with Crippen molar-refractivity contribution in [2.24, 2.45) is 11.7 Å². The number of amides is 1. The predicted octanol–water partition coefficient (Wildman–Crippen LogP) is 1.10. The number of piperazine rings is 1. The van der Waals surface area contributed by atoms with Gasteiger partial charge in [-0.15, -0.1) is 0 Å². The lowest BCUT2D eigenvalue weighted by atomic mass is 10.0. The van der Waals surface area contributed by atoms with Crippen molar-refractivity contribution in [2.75, 3.05) is 32.7 Å². The summed E-state index contributed by atoms with van der Waals surface area (Å²) in [7, 11) is 0. The molecule has 1 saturated heterocycles. The highest BCUT2D eigenvalue weighted by molar-refractivity contribution is 5.78. The Morgan fingerprint density at radius 2 is 2.10 bits per heavy atom. The van der Waals surface area contributed by atoms with Crippen molar-refractivity contribution in [1.82, 2.24) is 14.8 Å². The van der Waals surface area contributed by atoms with E-state index in [0.717, 1.165) is 51.3 Å². The number of carbonyl (C=O) groups excluding carboxylic acids is 1. The third kappa shape index (κ3) is 4.79. The fourth-order valence-electron chi connectivity index (χ4n) is 2.71. The molecule has 1 aromatic rings. The summed E-state index contributed by atoms with van der Waals surface area (Å²) in [6.45, 7) is 7.02. The smallest absolute Gasteiger partial charge is 0.225 e. The van der Waals surface area contributed by atoms with E-state index in [-0.39, 0.29) is 11.8 Å². The van der Waals surface area contributed by atoms with Crippen LogP contribution in [0.15, 0.2) is 24.4 Å². The Hall–Kier alpha value is -1.46. The van der Waals surface area contributed by atoms with Crippen molar-refractivity contribution in [3.8, 4) is 0 Å². The predicted molar refractivity (Wildman–Crippen MR) is 83.5 cm³/mol. The molecule has 2 heterocycles. The van der Waals surface area contributed by atoms with E-state index in [1.807, 2.05) is 36.2 Å². The van der Waals surface area contributed by atoms with Gasteiger partial charge in [-0.1, -0.05) is 13.0 Å². The Morgan fingerprint density at radius 1 is 1.33 bits per heavy atom. The Bertz CT molecular complexity index is 429. The number of rotatable bonds is 6. The van der Waals surface area contributed by atoms with E-state index in [2.05, 4.69) is 9.88 Å². The second-order valence-electron chi connectivity index (χ2n) is 5.75. The second-order valence-corrected chi connectivity index (χ2v) is 5.75. The third-order valence-electron chi connectivity index (χ3n) is 4.06. The fraction of sp³-hybridized carbons (Fsp3) is 0.625. The molecule has 1 aliphatic rings. The van der Waals surface area contributed by atoms with Crippen LogP contribution in [0.4, 0.5) is 0 Å². The summed E-state index contributed by atoms with van der Waals surface area (Å²) in [5, 5.41) is 0. The van der Waals surface area contributed by atoms with Gasteiger partial charge in [0.15, 0.2) is 0 Å². The van der Waals surface area contributed by atoms with Crippen molar-refractivity contribution in [1.29, 1.82) is 0 Å². The van der Waals surface area contributed by atoms with Crippen LogP contribution in [0, 0.1) is 5.92 Å². The number of nitrogens with zero attached hydrogens (tertiary/aromatic N) is 3. The van der Waals surface area contributed by atoms with Gasteiger partial charge in [0.1, 0.15) is 0 Å². The summed E-state index contributed by atoms with van der Waals surface area (Å²) in [5.41, 5.74) is 6.60. The molecule has 2 N–H and O–H groups in total. The maximum atomic E-state index is 12.3. The van der Waals surface area contributed by atoms with Crippen LogP contribution in [0.3, 0.4) is 0 Å². The van der Waals surface area contributed by atoms with Crippen molar-refractivity contribution >= 4 is 5.91 Å². The molecule has 0 radical (unpaired) electrons. The zero-order valence-electron chi connectivity index (χ0n) is 12.9. The van der Waals surface area contributed by atoms with Crippen LogP contribution in [-0.4, -0.2) is 53.4 Å². The van der Waals surface area contributed by atoms with Gasteiger partial charge in [0.05, 0.1) is 5.69 Å². The van der Waals surface area contributed by atoms with Gasteiger partial charge in [-0.3, -0.25) is 14.7 Å². The standard InChI is InChI=1S/C16H26N4O/c1-14(5-4-7-17)16(21)20-11-9-19(10-12-20)13-15-6-2-3-8-18-15/h2-3,6,8,14H,4-5,7,9-13,17H2,1H3. The van der Waals surface area contributed by atoms with E-state index < -0.39 is 0 Å². The molecule has 5 nitrogen and oxygen atoms in total. The minimum atomic E-state index is 0.0934. The first-order chi connectivity index (χ1) is 10.2. The van der Waals surface area contributed by atoms with Gasteiger partial charge in [-0.25, -0.2) is 0 Å². The highest BCUT2D eigenvalue weighted by Gasteiger charge is 2.24. The SMILES string of the molecule is CC(CCCN)C(=O)N1CCN(Cc2ccccn2)CC1. The normalized spacial score (nSPS) is 17.7. The molecule has 1 unspecified atom stereocenters. The first-order valence-corrected chi connectivity index (χ1v) is 7.82. The van der Waals surface area contributed by atoms with E-state index in [1.165, 1.54) is 0 Å². The van der Waals surface area contributed by atoms with Crippen LogP contribution >= 0.6 is 0 Å². The quantitative estimate of drug-likeness (QED) is 0.852. The molecular formula is C16H26N4O. The van der Waals surface area contributed by atoms with Crippen molar-refractivity contribution in [3.63, 3.8) is 0 Å². The van der Waals surface area contributed by atoms with E-state index in [0.29, 0.717) is 6.54 Å². The van der Waals surface area contributed by atoms with E-state index in [1.54, 1.807) is 0 Å². The third-order valence-corrected chi connectivity index (χ3v) is 4.06. The lowest BCUT2D eigenvalue weighted by Crippen LogP contribution is -2.49. The molecule has 0 aliphatic carbocycles. The van der Waals surface area contributed by atoms with Crippen LogP contribution in [0.5, 0.6) is 0 Å². The van der Waals surface area contributed by atoms with Crippen LogP contribution in [-0.2, 0) is 11.3 Å². The van der Waals surface area contributed by atoms with Gasteiger partial charge < -0.3 is 10.6 Å². The van der Waals surface area contributed by atoms with Crippen LogP contribution in [0.1, 0.15) is 25.5 Å². The molecule has 0 bridgehead atoms. The Morgan fingerprint density at radius 3 is 2.71 bits per heavy atom. The van der Waals surface area contributed by atoms with Gasteiger partial charge in [0.25, 0.3) is 0 Å². The van der Waals surface area contributed by atoms with Gasteiger partial charge in [-0.05, 0) is 31.5 Å². The van der Waals surface area contributed by atoms with Gasteiger partial charge >= 0.3 is 0 Å². The molecule has 0 spiro atoms. The average Bonchev–Trinajstić information content (AvgIpc) is 2.53. The summed E-state index contributed by atoms with van der Waals surface area (Å²) in [6.07, 6.45) is 3.64. The average molecular weight is 290 g/mol. The maximum Gasteiger partial charge on any atom is 0.225 e. The highest BCUT2D eigenvalue weighted by atomic mass is 16.2. The van der Waals surface area contributed by atoms with Crippen molar-refractivity contribution in [3.05, 3.63) is 30.1 Å². The molecule has 2 rings (SSSR count). The summed E-state index contributed by atoms with van der Waals surface area (Å²) in [4.78, 5) is 21.0. The Labute approximate surface area is 127 Å². The molecule has 0 saturated carbocycles. The number of nitrogens with two attached hydrogens (primary N) is 1. The topological polar surface area (TPSA) is 62.5 Å². The van der Waals surface area contributed by atoms with Gasteiger partial charge in [0.2, 0.25) is 5.91 Å². The molecular weight excluding hydrogens is 264 g/mol. The number of carbonyl (C=O) groups is 1. The van der Waals surface area contributed by atoms with E-state index in [4.69, 9.17) is 5.73 Å². The Kier molecular flexibility index (Phi) is 6.14. The summed E-state index contributed by atoms with van der Waals surface area (Å²) >= 11 is 0. The molecule has 1 aromatic heterocycles. The molecule has 5 heteroatoms. The molecule has 1 aliphatic heterocycles. The summed E-state index contributed by atoms with van der Waals surface area (Å²) in [6, 6.07) is 6.00. The first kappa shape index (κ1) is 15.9. The van der Waals surface area contributed by atoms with E-state index >= 15 is 0 Å². The first-order valence-electron chi connectivity index (χ1n) is 7.82. The fourth-order valence-corrected chi connectivity index (χ4v) is 2.71. The molecule has 1 atom stereocenters. The zero-order valence-corrected chi connectivity index (χ0v) is 12.9. The number of pyridine rings is 1. The summed E-state index contributed by atoms with van der Waals surface area (Å²) in [5.74, 6) is 0.372. The van der Waals surface area contributed by atoms with Crippen LogP contribution in [0.2, 0.25) is 0 Å².